The lowest BCUT2D eigenvalue weighted by atomic mass is 9.98. The van der Waals surface area contributed by atoms with Crippen molar-refractivity contribution in [1.29, 1.82) is 0 Å². The number of anilines is 1. The van der Waals surface area contributed by atoms with Gasteiger partial charge in [-0.3, -0.25) is 14.9 Å². The van der Waals surface area contributed by atoms with Gasteiger partial charge >= 0.3 is 0 Å². The van der Waals surface area contributed by atoms with Crippen LogP contribution in [0.25, 0.3) is 0 Å². The number of hydrogen-bond donors (Lipinski definition) is 0. The Morgan fingerprint density at radius 2 is 1.72 bits per heavy atom. The largest absolute Gasteiger partial charge is 0.366 e. The van der Waals surface area contributed by atoms with Crippen LogP contribution in [0.15, 0.2) is 18.2 Å². The van der Waals surface area contributed by atoms with Crippen LogP contribution in [-0.4, -0.2) is 41.9 Å². The summed E-state index contributed by atoms with van der Waals surface area (Å²) in [6.07, 6.45) is 6.47. The molecular weight excluding hydrogens is 318 g/mol. The maximum absolute atomic E-state index is 12.7. The summed E-state index contributed by atoms with van der Waals surface area (Å²) in [5, 5.41) is 11.6. The summed E-state index contributed by atoms with van der Waals surface area (Å²) in [4.78, 5) is 27.9. The average molecular weight is 345 g/mol. The van der Waals surface area contributed by atoms with E-state index in [0.717, 1.165) is 51.9 Å². The molecule has 0 aliphatic carbocycles. The fourth-order valence-corrected chi connectivity index (χ4v) is 3.78. The molecule has 0 radical (unpaired) electrons. The second-order valence-electron chi connectivity index (χ2n) is 7.34. The number of nitro benzene ring substituents is 1. The van der Waals surface area contributed by atoms with Crippen molar-refractivity contribution in [3.8, 4) is 0 Å². The summed E-state index contributed by atoms with van der Waals surface area (Å²) >= 11 is 0. The highest BCUT2D eigenvalue weighted by Crippen LogP contribution is 2.31. The number of amides is 1. The second kappa shape index (κ2) is 7.85. The number of hydrogen-bond acceptors (Lipinski definition) is 4. The van der Waals surface area contributed by atoms with Gasteiger partial charge in [0.1, 0.15) is 5.69 Å². The third kappa shape index (κ3) is 4.11. The molecule has 0 aromatic heterocycles. The third-order valence-corrected chi connectivity index (χ3v) is 5.44. The first-order chi connectivity index (χ1) is 12.1. The van der Waals surface area contributed by atoms with Crippen LogP contribution in [0, 0.1) is 16.0 Å². The van der Waals surface area contributed by atoms with Crippen LogP contribution in [0.4, 0.5) is 11.4 Å². The Balaban J connectivity index is 1.83. The Bertz CT molecular complexity index is 631. The predicted molar refractivity (Wildman–Crippen MR) is 98.1 cm³/mol. The van der Waals surface area contributed by atoms with Gasteiger partial charge in [-0.05, 0) is 43.7 Å². The summed E-state index contributed by atoms with van der Waals surface area (Å²) in [6.45, 7) is 5.36. The van der Waals surface area contributed by atoms with E-state index in [4.69, 9.17) is 0 Å². The van der Waals surface area contributed by atoms with Crippen molar-refractivity contribution < 1.29 is 9.72 Å². The Hall–Kier alpha value is -2.11. The zero-order valence-corrected chi connectivity index (χ0v) is 14.9. The zero-order chi connectivity index (χ0) is 17.8. The SMILES string of the molecule is CC1CCN(C(=O)c2ccc(N3CCCCCC3)c([N+](=O)[O-])c2)CC1. The Kier molecular flexibility index (Phi) is 5.56. The molecule has 0 spiro atoms. The first-order valence-corrected chi connectivity index (χ1v) is 9.39. The minimum atomic E-state index is -0.352. The number of piperidine rings is 1. The van der Waals surface area contributed by atoms with E-state index in [1.54, 1.807) is 12.1 Å². The molecule has 25 heavy (non-hydrogen) atoms. The molecular formula is C19H27N3O3. The third-order valence-electron chi connectivity index (χ3n) is 5.44. The normalized spacial score (nSPS) is 19.6. The molecule has 0 unspecified atom stereocenters. The zero-order valence-electron chi connectivity index (χ0n) is 14.9. The summed E-state index contributed by atoms with van der Waals surface area (Å²) in [5.74, 6) is 0.557. The molecule has 2 fully saturated rings. The monoisotopic (exact) mass is 345 g/mol. The first kappa shape index (κ1) is 17.7. The first-order valence-electron chi connectivity index (χ1n) is 9.39. The van der Waals surface area contributed by atoms with Crippen LogP contribution in [0.2, 0.25) is 0 Å². The summed E-state index contributed by atoms with van der Waals surface area (Å²) < 4.78 is 0. The van der Waals surface area contributed by atoms with Crippen molar-refractivity contribution in [1.82, 2.24) is 4.90 Å². The van der Waals surface area contributed by atoms with Crippen molar-refractivity contribution in [2.24, 2.45) is 5.92 Å². The lowest BCUT2D eigenvalue weighted by Crippen LogP contribution is -2.38. The van der Waals surface area contributed by atoms with Crippen molar-refractivity contribution in [3.05, 3.63) is 33.9 Å². The molecule has 1 aromatic carbocycles. The van der Waals surface area contributed by atoms with Gasteiger partial charge in [-0.25, -0.2) is 0 Å². The molecule has 3 rings (SSSR count). The lowest BCUT2D eigenvalue weighted by molar-refractivity contribution is -0.384. The second-order valence-corrected chi connectivity index (χ2v) is 7.34. The van der Waals surface area contributed by atoms with E-state index >= 15 is 0 Å². The fourth-order valence-electron chi connectivity index (χ4n) is 3.78. The van der Waals surface area contributed by atoms with Crippen LogP contribution in [0.3, 0.4) is 0 Å². The van der Waals surface area contributed by atoms with Crippen LogP contribution < -0.4 is 4.90 Å². The molecule has 2 aliphatic heterocycles. The Morgan fingerprint density at radius 3 is 2.32 bits per heavy atom. The molecule has 0 atom stereocenters. The van der Waals surface area contributed by atoms with Gasteiger partial charge in [-0.2, -0.15) is 0 Å². The predicted octanol–water partition coefficient (Wildman–Crippen LogP) is 3.85. The number of carbonyl (C=O) groups excluding carboxylic acids is 1. The van der Waals surface area contributed by atoms with E-state index in [-0.39, 0.29) is 16.5 Å². The molecule has 0 bridgehead atoms. The number of rotatable bonds is 3. The van der Waals surface area contributed by atoms with Gasteiger partial charge in [-0.1, -0.05) is 19.8 Å². The topological polar surface area (TPSA) is 66.7 Å². The summed E-state index contributed by atoms with van der Waals surface area (Å²) in [7, 11) is 0. The van der Waals surface area contributed by atoms with Crippen LogP contribution >= 0.6 is 0 Å². The quantitative estimate of drug-likeness (QED) is 0.616. The molecule has 2 aliphatic rings. The molecule has 6 heteroatoms. The molecule has 136 valence electrons. The highest BCUT2D eigenvalue weighted by Gasteiger charge is 2.26. The van der Waals surface area contributed by atoms with Crippen molar-refractivity contribution in [3.63, 3.8) is 0 Å². The number of benzene rings is 1. The molecule has 2 saturated heterocycles. The minimum Gasteiger partial charge on any atom is -0.366 e. The van der Waals surface area contributed by atoms with E-state index in [9.17, 15) is 14.9 Å². The van der Waals surface area contributed by atoms with Gasteiger partial charge in [0.15, 0.2) is 0 Å². The Morgan fingerprint density at radius 1 is 1.08 bits per heavy atom. The maximum Gasteiger partial charge on any atom is 0.293 e. The van der Waals surface area contributed by atoms with E-state index in [0.29, 0.717) is 17.2 Å². The molecule has 2 heterocycles. The fraction of sp³-hybridized carbons (Fsp3) is 0.632. The van der Waals surface area contributed by atoms with Gasteiger partial charge in [0.25, 0.3) is 11.6 Å². The lowest BCUT2D eigenvalue weighted by Gasteiger charge is -2.30. The number of likely N-dealkylation sites (tertiary alicyclic amines) is 1. The maximum atomic E-state index is 12.7. The highest BCUT2D eigenvalue weighted by atomic mass is 16.6. The van der Waals surface area contributed by atoms with Gasteiger partial charge in [0.05, 0.1) is 4.92 Å². The van der Waals surface area contributed by atoms with Gasteiger partial charge in [0.2, 0.25) is 0 Å². The van der Waals surface area contributed by atoms with E-state index in [1.807, 2.05) is 4.90 Å². The van der Waals surface area contributed by atoms with Crippen molar-refractivity contribution in [2.75, 3.05) is 31.1 Å². The Labute approximate surface area is 148 Å². The smallest absolute Gasteiger partial charge is 0.293 e. The number of nitrogens with zero attached hydrogens (tertiary/aromatic N) is 3. The number of nitro groups is 1. The molecule has 6 nitrogen and oxygen atoms in total. The van der Waals surface area contributed by atoms with E-state index in [1.165, 1.54) is 18.9 Å². The van der Waals surface area contributed by atoms with Gasteiger partial charge in [0, 0.05) is 37.8 Å². The highest BCUT2D eigenvalue weighted by molar-refractivity contribution is 5.95. The van der Waals surface area contributed by atoms with Crippen LogP contribution in [0.1, 0.15) is 55.8 Å². The van der Waals surface area contributed by atoms with Crippen molar-refractivity contribution >= 4 is 17.3 Å². The molecule has 1 amide bonds. The molecule has 0 saturated carbocycles. The van der Waals surface area contributed by atoms with E-state index in [2.05, 4.69) is 11.8 Å². The number of carbonyl (C=O) groups is 1. The van der Waals surface area contributed by atoms with E-state index < -0.39 is 0 Å². The van der Waals surface area contributed by atoms with Crippen LogP contribution in [0.5, 0.6) is 0 Å². The summed E-state index contributed by atoms with van der Waals surface area (Å²) in [6, 6.07) is 5.00. The van der Waals surface area contributed by atoms with Crippen LogP contribution in [-0.2, 0) is 0 Å². The standard InChI is InChI=1S/C19H27N3O3/c1-15-8-12-21(13-9-15)19(23)16-6-7-17(18(14-16)22(24)25)20-10-4-2-3-5-11-20/h6-7,14-15H,2-5,8-13H2,1H3. The minimum absolute atomic E-state index is 0.0538. The summed E-state index contributed by atoms with van der Waals surface area (Å²) in [5.41, 5.74) is 1.13. The van der Waals surface area contributed by atoms with Crippen molar-refractivity contribution in [2.45, 2.75) is 45.4 Å². The molecule has 0 N–H and O–H groups in total. The average Bonchev–Trinajstić information content (AvgIpc) is 2.90. The van der Waals surface area contributed by atoms with Gasteiger partial charge < -0.3 is 9.80 Å². The van der Waals surface area contributed by atoms with Gasteiger partial charge in [-0.15, -0.1) is 0 Å². The molecule has 1 aromatic rings.